The highest BCUT2D eigenvalue weighted by atomic mass is 16.5. The van der Waals surface area contributed by atoms with Gasteiger partial charge in [-0.05, 0) is 43.3 Å². The first-order valence-corrected chi connectivity index (χ1v) is 10.4. The highest BCUT2D eigenvalue weighted by Crippen LogP contribution is 2.22. The van der Waals surface area contributed by atoms with E-state index in [1.165, 1.54) is 45.3 Å². The number of carbonyl (C=O) groups is 2. The van der Waals surface area contributed by atoms with Gasteiger partial charge >= 0.3 is 5.97 Å². The third-order valence-electron chi connectivity index (χ3n) is 5.15. The minimum atomic E-state index is -0.547. The minimum absolute atomic E-state index is 0.134. The summed E-state index contributed by atoms with van der Waals surface area (Å²) >= 11 is 0. The molecule has 0 spiro atoms. The molecule has 0 radical (unpaired) electrons. The van der Waals surface area contributed by atoms with Crippen molar-refractivity contribution in [2.75, 3.05) is 28.4 Å². The Labute approximate surface area is 201 Å². The van der Waals surface area contributed by atoms with Crippen molar-refractivity contribution in [1.82, 2.24) is 15.2 Å². The summed E-state index contributed by atoms with van der Waals surface area (Å²) in [4.78, 5) is 37.9. The van der Waals surface area contributed by atoms with Crippen LogP contribution < -0.4 is 25.2 Å². The van der Waals surface area contributed by atoms with Gasteiger partial charge in [-0.3, -0.25) is 19.5 Å². The molecule has 35 heavy (non-hydrogen) atoms. The maximum Gasteiger partial charge on any atom is 0.311 e. The second-order valence-electron chi connectivity index (χ2n) is 7.30. The molecular formula is C24H26N4O7. The summed E-state index contributed by atoms with van der Waals surface area (Å²) in [6.45, 7) is 1.55. The zero-order valence-electron chi connectivity index (χ0n) is 20.0. The average Bonchev–Trinajstić information content (AvgIpc) is 3.21. The molecule has 0 atom stereocenters. The maximum absolute atomic E-state index is 13.3. The van der Waals surface area contributed by atoms with Gasteiger partial charge in [-0.15, -0.1) is 0 Å². The van der Waals surface area contributed by atoms with Crippen LogP contribution in [0.25, 0.3) is 5.69 Å². The quantitative estimate of drug-likeness (QED) is 0.271. The molecule has 2 aromatic carbocycles. The van der Waals surface area contributed by atoms with Gasteiger partial charge in [-0.25, -0.2) is 10.1 Å². The summed E-state index contributed by atoms with van der Waals surface area (Å²) in [6.07, 6.45) is -0.196. The fraction of sp³-hybridized carbons (Fsp3) is 0.250. The average molecular weight is 482 g/mol. The zero-order chi connectivity index (χ0) is 25.5. The lowest BCUT2D eigenvalue weighted by atomic mass is 10.1. The van der Waals surface area contributed by atoms with Crippen LogP contribution in [0.1, 0.15) is 28.5 Å². The molecule has 0 unspecified atom stereocenters. The number of ether oxygens (including phenoxy) is 4. The van der Waals surface area contributed by atoms with Crippen LogP contribution in [0.15, 0.2) is 52.4 Å². The van der Waals surface area contributed by atoms with Gasteiger partial charge in [0.2, 0.25) is 0 Å². The van der Waals surface area contributed by atoms with Gasteiger partial charge in [0, 0.05) is 11.6 Å². The second-order valence-corrected chi connectivity index (χ2v) is 7.30. The molecule has 3 aromatic rings. The van der Waals surface area contributed by atoms with E-state index in [9.17, 15) is 14.4 Å². The number of amides is 1. The SMILES string of the molecule is COC(=O)Cc1[nH]n(-c2ccc(OC)cc2)c(=O)c1/C(C)=N/NC(=O)c1cc(OC)cc(OC)c1. The minimum Gasteiger partial charge on any atom is -0.497 e. The summed E-state index contributed by atoms with van der Waals surface area (Å²) in [6, 6.07) is 11.5. The van der Waals surface area contributed by atoms with Crippen molar-refractivity contribution < 1.29 is 28.5 Å². The molecule has 184 valence electrons. The number of H-pyrrole nitrogens is 1. The van der Waals surface area contributed by atoms with Crippen LogP contribution >= 0.6 is 0 Å². The van der Waals surface area contributed by atoms with E-state index in [-0.39, 0.29) is 29.0 Å². The standard InChI is InChI=1S/C24H26N4O7/c1-14(25-26-23(30)15-10-18(33-3)12-19(11-15)34-4)22-20(13-21(29)35-5)27-28(24(22)31)16-6-8-17(32-2)9-7-16/h6-12,27H,13H2,1-5H3,(H,26,30)/b25-14+. The first-order chi connectivity index (χ1) is 16.8. The van der Waals surface area contributed by atoms with Crippen LogP contribution in [0, 0.1) is 0 Å². The molecule has 1 aromatic heterocycles. The number of methoxy groups -OCH3 is 4. The van der Waals surface area contributed by atoms with Crippen molar-refractivity contribution in [2.24, 2.45) is 5.10 Å². The van der Waals surface area contributed by atoms with Crippen LogP contribution in [-0.2, 0) is 16.0 Å². The highest BCUT2D eigenvalue weighted by Gasteiger charge is 2.21. The van der Waals surface area contributed by atoms with Gasteiger partial charge in [0.1, 0.15) is 17.2 Å². The lowest BCUT2D eigenvalue weighted by molar-refractivity contribution is -0.139. The molecule has 0 aliphatic carbocycles. The molecule has 3 rings (SSSR count). The first kappa shape index (κ1) is 25.1. The smallest absolute Gasteiger partial charge is 0.311 e. The lowest BCUT2D eigenvalue weighted by Gasteiger charge is -2.08. The molecule has 1 amide bonds. The number of hydrazone groups is 1. The molecule has 0 saturated heterocycles. The number of aromatic nitrogens is 2. The Morgan fingerprint density at radius 3 is 2.09 bits per heavy atom. The summed E-state index contributed by atoms with van der Waals surface area (Å²) in [5.41, 5.74) is 3.36. The third kappa shape index (κ3) is 5.69. The Kier molecular flexibility index (Phi) is 7.92. The lowest BCUT2D eigenvalue weighted by Crippen LogP contribution is -2.24. The second kappa shape index (κ2) is 11.1. The van der Waals surface area contributed by atoms with Gasteiger partial charge < -0.3 is 18.9 Å². The van der Waals surface area contributed by atoms with Crippen molar-refractivity contribution in [3.05, 3.63) is 69.6 Å². The van der Waals surface area contributed by atoms with Gasteiger partial charge in [0.15, 0.2) is 0 Å². The summed E-state index contributed by atoms with van der Waals surface area (Å²) in [5.74, 6) is 0.405. The van der Waals surface area contributed by atoms with Crippen LogP contribution in [0.5, 0.6) is 17.2 Å². The van der Waals surface area contributed by atoms with Gasteiger partial charge in [-0.1, -0.05) is 0 Å². The van der Waals surface area contributed by atoms with Crippen LogP contribution in [0.2, 0.25) is 0 Å². The van der Waals surface area contributed by atoms with Crippen LogP contribution in [0.4, 0.5) is 0 Å². The monoisotopic (exact) mass is 482 g/mol. The zero-order valence-corrected chi connectivity index (χ0v) is 20.0. The van der Waals surface area contributed by atoms with Crippen LogP contribution in [-0.4, -0.2) is 55.8 Å². The van der Waals surface area contributed by atoms with E-state index in [4.69, 9.17) is 18.9 Å². The Bertz CT molecular complexity index is 1280. The Morgan fingerprint density at radius 2 is 1.54 bits per heavy atom. The summed E-state index contributed by atoms with van der Waals surface area (Å²) in [5, 5.41) is 7.04. The fourth-order valence-corrected chi connectivity index (χ4v) is 3.31. The maximum atomic E-state index is 13.3. The van der Waals surface area contributed by atoms with E-state index < -0.39 is 17.4 Å². The van der Waals surface area contributed by atoms with E-state index in [1.54, 1.807) is 37.3 Å². The van der Waals surface area contributed by atoms with Gasteiger partial charge in [0.05, 0.1) is 57.5 Å². The van der Waals surface area contributed by atoms with E-state index in [0.717, 1.165) is 0 Å². The Balaban J connectivity index is 1.97. The normalized spacial score (nSPS) is 11.1. The van der Waals surface area contributed by atoms with E-state index in [1.807, 2.05) is 0 Å². The molecule has 0 aliphatic rings. The van der Waals surface area contributed by atoms with Crippen molar-refractivity contribution >= 4 is 17.6 Å². The molecule has 0 aliphatic heterocycles. The van der Waals surface area contributed by atoms with Crippen molar-refractivity contribution in [1.29, 1.82) is 0 Å². The number of benzene rings is 2. The van der Waals surface area contributed by atoms with E-state index in [0.29, 0.717) is 22.9 Å². The predicted octanol–water partition coefficient (Wildman–Crippen LogP) is 2.06. The molecule has 11 nitrogen and oxygen atoms in total. The fourth-order valence-electron chi connectivity index (χ4n) is 3.31. The molecular weight excluding hydrogens is 456 g/mol. The van der Waals surface area contributed by atoms with E-state index in [2.05, 4.69) is 15.6 Å². The van der Waals surface area contributed by atoms with E-state index >= 15 is 0 Å². The number of rotatable bonds is 9. The largest absolute Gasteiger partial charge is 0.497 e. The van der Waals surface area contributed by atoms with Crippen molar-refractivity contribution in [3.8, 4) is 22.9 Å². The Morgan fingerprint density at radius 1 is 0.943 bits per heavy atom. The number of hydrogen-bond acceptors (Lipinski definition) is 8. The van der Waals surface area contributed by atoms with Crippen LogP contribution in [0.3, 0.4) is 0 Å². The first-order valence-electron chi connectivity index (χ1n) is 10.4. The van der Waals surface area contributed by atoms with Crippen molar-refractivity contribution in [3.63, 3.8) is 0 Å². The highest BCUT2D eigenvalue weighted by molar-refractivity contribution is 6.02. The third-order valence-corrected chi connectivity index (χ3v) is 5.15. The van der Waals surface area contributed by atoms with Gasteiger partial charge in [0.25, 0.3) is 11.5 Å². The topological polar surface area (TPSA) is 133 Å². The Hall–Kier alpha value is -4.54. The predicted molar refractivity (Wildman–Crippen MR) is 128 cm³/mol. The number of aromatic amines is 1. The molecule has 11 heteroatoms. The summed E-state index contributed by atoms with van der Waals surface area (Å²) in [7, 11) is 5.74. The molecule has 0 saturated carbocycles. The molecule has 2 N–H and O–H groups in total. The number of nitrogens with one attached hydrogen (secondary N) is 2. The van der Waals surface area contributed by atoms with Crippen molar-refractivity contribution in [2.45, 2.75) is 13.3 Å². The molecule has 1 heterocycles. The number of esters is 1. The molecule has 0 bridgehead atoms. The summed E-state index contributed by atoms with van der Waals surface area (Å²) < 4.78 is 21.6. The number of nitrogens with zero attached hydrogens (tertiary/aromatic N) is 2. The number of hydrogen-bond donors (Lipinski definition) is 2. The van der Waals surface area contributed by atoms with Gasteiger partial charge in [-0.2, -0.15) is 5.10 Å². The number of carbonyl (C=O) groups excluding carboxylic acids is 2. The molecule has 0 fully saturated rings.